The van der Waals surface area contributed by atoms with Crippen LogP contribution in [0.1, 0.15) is 28.8 Å². The molecule has 0 unspecified atom stereocenters. The lowest BCUT2D eigenvalue weighted by Crippen LogP contribution is -2.15. The van der Waals surface area contributed by atoms with E-state index in [1.54, 1.807) is 13.0 Å². The van der Waals surface area contributed by atoms with Crippen molar-refractivity contribution in [1.29, 1.82) is 0 Å². The molecule has 0 radical (unpaired) electrons. The summed E-state index contributed by atoms with van der Waals surface area (Å²) in [6.45, 7) is 1.74. The number of carboxylic acid groups (broad SMARTS) is 2. The summed E-state index contributed by atoms with van der Waals surface area (Å²) < 4.78 is 0. The number of anilines is 1. The van der Waals surface area contributed by atoms with Crippen molar-refractivity contribution in [2.75, 3.05) is 5.32 Å². The zero-order valence-electron chi connectivity index (χ0n) is 9.77. The van der Waals surface area contributed by atoms with Gasteiger partial charge < -0.3 is 15.5 Å². The average Bonchev–Trinajstić information content (AvgIpc) is 2.28. The van der Waals surface area contributed by atoms with Crippen molar-refractivity contribution in [3.05, 3.63) is 29.3 Å². The molecular weight excluding hydrogens is 238 g/mol. The molecule has 0 aliphatic rings. The second-order valence-electron chi connectivity index (χ2n) is 3.80. The molecule has 0 bridgehead atoms. The van der Waals surface area contributed by atoms with E-state index in [2.05, 4.69) is 5.32 Å². The number of carboxylic acids is 2. The third kappa shape index (κ3) is 3.89. The van der Waals surface area contributed by atoms with Gasteiger partial charge >= 0.3 is 11.9 Å². The van der Waals surface area contributed by atoms with Gasteiger partial charge in [0.2, 0.25) is 5.91 Å². The van der Waals surface area contributed by atoms with E-state index in [0.717, 1.165) is 5.56 Å². The molecule has 6 heteroatoms. The lowest BCUT2D eigenvalue weighted by molar-refractivity contribution is -0.138. The highest BCUT2D eigenvalue weighted by atomic mass is 16.4. The minimum atomic E-state index is -1.15. The van der Waals surface area contributed by atoms with Gasteiger partial charge in [-0.1, -0.05) is 11.6 Å². The van der Waals surface area contributed by atoms with Crippen LogP contribution < -0.4 is 5.32 Å². The summed E-state index contributed by atoms with van der Waals surface area (Å²) in [6.07, 6.45) is -0.484. The fourth-order valence-electron chi connectivity index (χ4n) is 1.38. The number of carbonyl (C=O) groups is 3. The van der Waals surface area contributed by atoms with Crippen LogP contribution in [0.5, 0.6) is 0 Å². The van der Waals surface area contributed by atoms with Crippen LogP contribution in [-0.4, -0.2) is 28.1 Å². The van der Waals surface area contributed by atoms with Gasteiger partial charge in [-0.15, -0.1) is 0 Å². The van der Waals surface area contributed by atoms with E-state index in [0.29, 0.717) is 0 Å². The number of carbonyl (C=O) groups excluding carboxylic acids is 1. The first kappa shape index (κ1) is 13.7. The molecule has 1 aromatic rings. The van der Waals surface area contributed by atoms with Gasteiger partial charge in [-0.25, -0.2) is 4.79 Å². The Morgan fingerprint density at radius 2 is 1.83 bits per heavy atom. The Morgan fingerprint density at radius 1 is 1.17 bits per heavy atom. The molecule has 1 rings (SSSR count). The summed E-state index contributed by atoms with van der Waals surface area (Å²) in [5, 5.41) is 19.8. The third-order valence-corrected chi connectivity index (χ3v) is 2.25. The molecular formula is C12H13NO5. The standard InChI is InChI=1S/C12H13NO5/c1-7-2-3-9(8(6-7)12(17)18)13-10(14)4-5-11(15)16/h2-3,6H,4-5H2,1H3,(H,13,14)(H,15,16)(H,17,18). The van der Waals surface area contributed by atoms with Crippen molar-refractivity contribution >= 4 is 23.5 Å². The summed E-state index contributed by atoms with van der Waals surface area (Å²) in [5.41, 5.74) is 0.915. The van der Waals surface area contributed by atoms with Crippen molar-refractivity contribution in [2.24, 2.45) is 0 Å². The minimum absolute atomic E-state index is 0.0151. The number of nitrogens with one attached hydrogen (secondary N) is 1. The number of aryl methyl sites for hydroxylation is 1. The fraction of sp³-hybridized carbons (Fsp3) is 0.250. The van der Waals surface area contributed by atoms with E-state index in [-0.39, 0.29) is 24.1 Å². The molecule has 96 valence electrons. The van der Waals surface area contributed by atoms with Crippen LogP contribution >= 0.6 is 0 Å². The summed E-state index contributed by atoms with van der Waals surface area (Å²) in [4.78, 5) is 32.7. The van der Waals surface area contributed by atoms with Crippen molar-refractivity contribution in [2.45, 2.75) is 19.8 Å². The van der Waals surface area contributed by atoms with E-state index >= 15 is 0 Å². The maximum atomic E-state index is 11.4. The van der Waals surface area contributed by atoms with Gasteiger partial charge in [-0.3, -0.25) is 9.59 Å². The Balaban J connectivity index is 2.81. The number of rotatable bonds is 5. The van der Waals surface area contributed by atoms with Gasteiger partial charge in [0.25, 0.3) is 0 Å². The van der Waals surface area contributed by atoms with Crippen LogP contribution in [-0.2, 0) is 9.59 Å². The first-order valence-electron chi connectivity index (χ1n) is 5.25. The predicted octanol–water partition coefficient (Wildman–Crippen LogP) is 1.50. The molecule has 0 aliphatic heterocycles. The fourth-order valence-corrected chi connectivity index (χ4v) is 1.38. The normalized spacial score (nSPS) is 9.83. The van der Waals surface area contributed by atoms with Crippen LogP contribution in [0.3, 0.4) is 0 Å². The Kier molecular flexibility index (Phi) is 4.42. The first-order chi connectivity index (χ1) is 8.40. The third-order valence-electron chi connectivity index (χ3n) is 2.25. The highest BCUT2D eigenvalue weighted by Gasteiger charge is 2.13. The number of hydrogen-bond donors (Lipinski definition) is 3. The van der Waals surface area contributed by atoms with Crippen LogP contribution in [0.2, 0.25) is 0 Å². The van der Waals surface area contributed by atoms with Crippen LogP contribution in [0.4, 0.5) is 5.69 Å². The molecule has 0 aliphatic carbocycles. The second-order valence-corrected chi connectivity index (χ2v) is 3.80. The van der Waals surface area contributed by atoms with Crippen LogP contribution in [0, 0.1) is 6.92 Å². The predicted molar refractivity (Wildman–Crippen MR) is 63.6 cm³/mol. The molecule has 0 fully saturated rings. The Bertz CT molecular complexity index is 495. The Morgan fingerprint density at radius 3 is 2.39 bits per heavy atom. The molecule has 0 heterocycles. The van der Waals surface area contributed by atoms with Gasteiger partial charge in [-0.2, -0.15) is 0 Å². The molecule has 18 heavy (non-hydrogen) atoms. The van der Waals surface area contributed by atoms with E-state index in [1.165, 1.54) is 12.1 Å². The number of aliphatic carboxylic acids is 1. The van der Waals surface area contributed by atoms with Gasteiger partial charge in [-0.05, 0) is 19.1 Å². The zero-order valence-corrected chi connectivity index (χ0v) is 9.77. The monoisotopic (exact) mass is 251 g/mol. The van der Waals surface area contributed by atoms with E-state index in [4.69, 9.17) is 10.2 Å². The molecule has 0 spiro atoms. The summed E-state index contributed by atoms with van der Waals surface area (Å²) in [5.74, 6) is -2.75. The lowest BCUT2D eigenvalue weighted by atomic mass is 10.1. The van der Waals surface area contributed by atoms with E-state index in [1.807, 2.05) is 0 Å². The summed E-state index contributed by atoms with van der Waals surface area (Å²) in [7, 11) is 0. The zero-order chi connectivity index (χ0) is 13.7. The Labute approximate surface area is 103 Å². The van der Waals surface area contributed by atoms with E-state index in [9.17, 15) is 14.4 Å². The molecule has 0 saturated carbocycles. The van der Waals surface area contributed by atoms with Crippen LogP contribution in [0.25, 0.3) is 0 Å². The number of aromatic carboxylic acids is 1. The number of hydrogen-bond acceptors (Lipinski definition) is 3. The molecule has 0 aromatic heterocycles. The molecule has 0 saturated heterocycles. The topological polar surface area (TPSA) is 104 Å². The summed E-state index contributed by atoms with van der Waals surface area (Å²) in [6, 6.07) is 4.59. The SMILES string of the molecule is Cc1ccc(NC(=O)CCC(=O)O)c(C(=O)O)c1. The highest BCUT2D eigenvalue weighted by Crippen LogP contribution is 2.17. The van der Waals surface area contributed by atoms with Crippen molar-refractivity contribution in [1.82, 2.24) is 0 Å². The lowest BCUT2D eigenvalue weighted by Gasteiger charge is -2.08. The quantitative estimate of drug-likeness (QED) is 0.735. The van der Waals surface area contributed by atoms with Gasteiger partial charge in [0.05, 0.1) is 17.7 Å². The van der Waals surface area contributed by atoms with Crippen LogP contribution in [0.15, 0.2) is 18.2 Å². The largest absolute Gasteiger partial charge is 0.481 e. The van der Waals surface area contributed by atoms with Gasteiger partial charge in [0.1, 0.15) is 0 Å². The van der Waals surface area contributed by atoms with Crippen molar-refractivity contribution in [3.8, 4) is 0 Å². The first-order valence-corrected chi connectivity index (χ1v) is 5.25. The molecule has 6 nitrogen and oxygen atoms in total. The average molecular weight is 251 g/mol. The Hall–Kier alpha value is -2.37. The number of benzene rings is 1. The van der Waals surface area contributed by atoms with E-state index < -0.39 is 17.8 Å². The molecule has 1 aromatic carbocycles. The highest BCUT2D eigenvalue weighted by molar-refractivity contribution is 6.01. The molecule has 3 N–H and O–H groups in total. The summed E-state index contributed by atoms with van der Waals surface area (Å²) >= 11 is 0. The van der Waals surface area contributed by atoms with Gasteiger partial charge in [0.15, 0.2) is 0 Å². The second kappa shape index (κ2) is 5.81. The smallest absolute Gasteiger partial charge is 0.337 e. The molecule has 0 atom stereocenters. The molecule has 1 amide bonds. The maximum absolute atomic E-state index is 11.4. The minimum Gasteiger partial charge on any atom is -0.481 e. The maximum Gasteiger partial charge on any atom is 0.337 e. The van der Waals surface area contributed by atoms with Crippen molar-refractivity contribution < 1.29 is 24.6 Å². The van der Waals surface area contributed by atoms with Gasteiger partial charge in [0, 0.05) is 6.42 Å². The van der Waals surface area contributed by atoms with Crippen molar-refractivity contribution in [3.63, 3.8) is 0 Å². The number of amides is 1.